The maximum atomic E-state index is 10.8. The molecule has 2 N–H and O–H groups in total. The molecule has 1 aliphatic heterocycles. The third-order valence-electron chi connectivity index (χ3n) is 3.78. The number of β-amino-alcohol motifs (C(OH)–C–C–N with tert-alkyl or cyclic N) is 1. The van der Waals surface area contributed by atoms with E-state index in [-0.39, 0.29) is 0 Å². The standard InChI is InChI=1S/C14H14ClN5O/c15-11-2-3-12(10(6-11)7-16)20-5-1-4-14(21,9-20)13-8-17-19-18-13/h2-3,6,8,21H,1,4-5,9H2,(H,17,18,19). The van der Waals surface area contributed by atoms with Gasteiger partial charge in [0.15, 0.2) is 0 Å². The maximum Gasteiger partial charge on any atom is 0.127 e. The molecule has 1 saturated heterocycles. The molecular weight excluding hydrogens is 290 g/mol. The Balaban J connectivity index is 1.92. The molecule has 7 heteroatoms. The number of aliphatic hydroxyl groups is 1. The highest BCUT2D eigenvalue weighted by molar-refractivity contribution is 6.30. The van der Waals surface area contributed by atoms with Crippen LogP contribution in [0.2, 0.25) is 5.02 Å². The van der Waals surface area contributed by atoms with E-state index in [0.717, 1.165) is 18.7 Å². The number of halogens is 1. The Hall–Kier alpha value is -2.10. The predicted octanol–water partition coefficient (Wildman–Crippen LogP) is 1.82. The van der Waals surface area contributed by atoms with Crippen molar-refractivity contribution in [3.05, 3.63) is 40.7 Å². The number of hydrogen-bond donors (Lipinski definition) is 2. The van der Waals surface area contributed by atoms with Crippen molar-refractivity contribution < 1.29 is 5.11 Å². The number of aromatic amines is 1. The highest BCUT2D eigenvalue weighted by Crippen LogP contribution is 2.34. The molecule has 1 atom stereocenters. The average Bonchev–Trinajstić information content (AvgIpc) is 3.02. The summed E-state index contributed by atoms with van der Waals surface area (Å²) < 4.78 is 0. The third kappa shape index (κ3) is 2.58. The first-order valence-electron chi connectivity index (χ1n) is 6.66. The molecule has 0 saturated carbocycles. The highest BCUT2D eigenvalue weighted by atomic mass is 35.5. The van der Waals surface area contributed by atoms with E-state index >= 15 is 0 Å². The molecule has 6 nitrogen and oxygen atoms in total. The van der Waals surface area contributed by atoms with Gasteiger partial charge in [-0.1, -0.05) is 11.6 Å². The summed E-state index contributed by atoms with van der Waals surface area (Å²) in [4.78, 5) is 1.99. The summed E-state index contributed by atoms with van der Waals surface area (Å²) in [5, 5.41) is 30.9. The second-order valence-electron chi connectivity index (χ2n) is 5.19. The number of anilines is 1. The monoisotopic (exact) mass is 303 g/mol. The van der Waals surface area contributed by atoms with E-state index in [2.05, 4.69) is 21.5 Å². The molecule has 0 bridgehead atoms. The molecule has 1 aliphatic rings. The third-order valence-corrected chi connectivity index (χ3v) is 4.02. The van der Waals surface area contributed by atoms with Gasteiger partial charge in [-0.15, -0.1) is 0 Å². The maximum absolute atomic E-state index is 10.8. The summed E-state index contributed by atoms with van der Waals surface area (Å²) in [6, 6.07) is 7.36. The van der Waals surface area contributed by atoms with Gasteiger partial charge in [0.2, 0.25) is 0 Å². The number of nitrogens with zero attached hydrogens (tertiary/aromatic N) is 4. The lowest BCUT2D eigenvalue weighted by Crippen LogP contribution is -2.46. The largest absolute Gasteiger partial charge is 0.382 e. The first-order valence-corrected chi connectivity index (χ1v) is 7.03. The number of piperidine rings is 1. The van der Waals surface area contributed by atoms with Gasteiger partial charge in [-0.25, -0.2) is 0 Å². The van der Waals surface area contributed by atoms with Crippen molar-refractivity contribution >= 4 is 17.3 Å². The molecule has 108 valence electrons. The second-order valence-corrected chi connectivity index (χ2v) is 5.62. The van der Waals surface area contributed by atoms with E-state index < -0.39 is 5.60 Å². The fourth-order valence-electron chi connectivity index (χ4n) is 2.75. The second kappa shape index (κ2) is 5.35. The van der Waals surface area contributed by atoms with Gasteiger partial charge < -0.3 is 10.0 Å². The number of nitrogens with one attached hydrogen (secondary N) is 1. The molecule has 1 unspecified atom stereocenters. The highest BCUT2D eigenvalue weighted by Gasteiger charge is 2.37. The lowest BCUT2D eigenvalue weighted by Gasteiger charge is -2.39. The molecule has 1 aromatic heterocycles. The summed E-state index contributed by atoms with van der Waals surface area (Å²) >= 11 is 5.93. The van der Waals surface area contributed by atoms with Crippen LogP contribution in [0.4, 0.5) is 5.69 Å². The van der Waals surface area contributed by atoms with Gasteiger partial charge in [0.1, 0.15) is 17.4 Å². The lowest BCUT2D eigenvalue weighted by molar-refractivity contribution is 0.0177. The SMILES string of the molecule is N#Cc1cc(Cl)ccc1N1CCCC(O)(c2cn[nH]n2)C1. The molecule has 0 amide bonds. The first kappa shape index (κ1) is 13.9. The Morgan fingerprint density at radius 2 is 2.33 bits per heavy atom. The quantitative estimate of drug-likeness (QED) is 0.883. The van der Waals surface area contributed by atoms with Crippen LogP contribution in [0.5, 0.6) is 0 Å². The van der Waals surface area contributed by atoms with Gasteiger partial charge in [-0.2, -0.15) is 20.7 Å². The summed E-state index contributed by atoms with van der Waals surface area (Å²) in [6.45, 7) is 1.15. The summed E-state index contributed by atoms with van der Waals surface area (Å²) in [5.74, 6) is 0. The van der Waals surface area contributed by atoms with Crippen LogP contribution in [-0.2, 0) is 5.60 Å². The van der Waals surface area contributed by atoms with Crippen LogP contribution in [0.1, 0.15) is 24.1 Å². The molecular formula is C14H14ClN5O. The summed E-state index contributed by atoms with van der Waals surface area (Å²) in [6.07, 6.45) is 2.96. The Morgan fingerprint density at radius 3 is 3.05 bits per heavy atom. The Bertz CT molecular complexity index is 681. The van der Waals surface area contributed by atoms with Crippen molar-refractivity contribution in [3.8, 4) is 6.07 Å². The van der Waals surface area contributed by atoms with E-state index in [1.54, 1.807) is 12.1 Å². The van der Waals surface area contributed by atoms with E-state index in [0.29, 0.717) is 29.2 Å². The van der Waals surface area contributed by atoms with Gasteiger partial charge in [-0.05, 0) is 31.0 Å². The molecule has 1 fully saturated rings. The van der Waals surface area contributed by atoms with Crippen LogP contribution < -0.4 is 4.90 Å². The number of H-pyrrole nitrogens is 1. The number of benzene rings is 1. The number of rotatable bonds is 2. The Kier molecular flexibility index (Phi) is 3.53. The van der Waals surface area contributed by atoms with Crippen molar-refractivity contribution in [1.29, 1.82) is 5.26 Å². The molecule has 2 heterocycles. The average molecular weight is 304 g/mol. The molecule has 1 aromatic carbocycles. The number of aromatic nitrogens is 3. The van der Waals surface area contributed by atoms with Gasteiger partial charge >= 0.3 is 0 Å². The van der Waals surface area contributed by atoms with E-state index in [1.807, 2.05) is 11.0 Å². The predicted molar refractivity (Wildman–Crippen MR) is 77.9 cm³/mol. The van der Waals surface area contributed by atoms with Crippen LogP contribution in [0, 0.1) is 11.3 Å². The molecule has 3 rings (SSSR count). The van der Waals surface area contributed by atoms with Gasteiger partial charge in [0, 0.05) is 11.6 Å². The van der Waals surface area contributed by atoms with Crippen LogP contribution in [0.3, 0.4) is 0 Å². The minimum atomic E-state index is -1.06. The lowest BCUT2D eigenvalue weighted by atomic mass is 9.89. The van der Waals surface area contributed by atoms with E-state index in [1.165, 1.54) is 6.20 Å². The fourth-order valence-corrected chi connectivity index (χ4v) is 2.92. The Labute approximate surface area is 127 Å². The zero-order valence-electron chi connectivity index (χ0n) is 11.3. The molecule has 0 aliphatic carbocycles. The first-order chi connectivity index (χ1) is 10.1. The van der Waals surface area contributed by atoms with Gasteiger partial charge in [0.05, 0.1) is 24.0 Å². The van der Waals surface area contributed by atoms with Crippen molar-refractivity contribution in [2.75, 3.05) is 18.0 Å². The van der Waals surface area contributed by atoms with Gasteiger partial charge in [-0.3, -0.25) is 0 Å². The fraction of sp³-hybridized carbons (Fsp3) is 0.357. The van der Waals surface area contributed by atoms with Crippen molar-refractivity contribution in [3.63, 3.8) is 0 Å². The van der Waals surface area contributed by atoms with Crippen molar-refractivity contribution in [2.24, 2.45) is 0 Å². The molecule has 21 heavy (non-hydrogen) atoms. The number of hydrogen-bond acceptors (Lipinski definition) is 5. The van der Waals surface area contributed by atoms with Crippen LogP contribution >= 0.6 is 11.6 Å². The molecule has 2 aromatic rings. The van der Waals surface area contributed by atoms with Gasteiger partial charge in [0.25, 0.3) is 0 Å². The van der Waals surface area contributed by atoms with Crippen molar-refractivity contribution in [1.82, 2.24) is 15.4 Å². The van der Waals surface area contributed by atoms with Crippen LogP contribution in [0.15, 0.2) is 24.4 Å². The minimum Gasteiger partial charge on any atom is -0.382 e. The van der Waals surface area contributed by atoms with E-state index in [4.69, 9.17) is 11.6 Å². The van der Waals surface area contributed by atoms with Crippen LogP contribution in [-0.4, -0.2) is 33.6 Å². The van der Waals surface area contributed by atoms with Crippen molar-refractivity contribution in [2.45, 2.75) is 18.4 Å². The summed E-state index contributed by atoms with van der Waals surface area (Å²) in [5.41, 5.74) is 0.757. The Morgan fingerprint density at radius 1 is 1.48 bits per heavy atom. The minimum absolute atomic E-state index is 0.371. The molecule has 0 radical (unpaired) electrons. The number of nitriles is 1. The topological polar surface area (TPSA) is 88.8 Å². The zero-order chi connectivity index (χ0) is 14.9. The summed E-state index contributed by atoms with van der Waals surface area (Å²) in [7, 11) is 0. The molecule has 0 spiro atoms. The smallest absolute Gasteiger partial charge is 0.127 e. The zero-order valence-corrected chi connectivity index (χ0v) is 12.0. The van der Waals surface area contributed by atoms with Crippen LogP contribution in [0.25, 0.3) is 0 Å². The normalized spacial score (nSPS) is 22.0. The van der Waals surface area contributed by atoms with E-state index in [9.17, 15) is 10.4 Å².